The maximum atomic E-state index is 10.8. The summed E-state index contributed by atoms with van der Waals surface area (Å²) in [4.78, 5) is 16.9. The van der Waals surface area contributed by atoms with E-state index in [1.54, 1.807) is 0 Å². The number of carbonyl (C=O) groups is 1. The van der Waals surface area contributed by atoms with Crippen LogP contribution in [0.25, 0.3) is 0 Å². The van der Waals surface area contributed by atoms with Crippen LogP contribution in [0.3, 0.4) is 0 Å². The highest BCUT2D eigenvalue weighted by Crippen LogP contribution is 2.17. The Kier molecular flexibility index (Phi) is 5.18. The SMILES string of the molecule is CN(C)CCCNc1cc(C(=O)O)c(Cl)cn1. The predicted octanol–water partition coefficient (Wildman–Crippen LogP) is 1.80. The van der Waals surface area contributed by atoms with Crippen LogP contribution in [-0.2, 0) is 0 Å². The van der Waals surface area contributed by atoms with Crippen LogP contribution in [0.1, 0.15) is 16.8 Å². The number of anilines is 1. The van der Waals surface area contributed by atoms with Crippen molar-refractivity contribution in [1.82, 2.24) is 9.88 Å². The lowest BCUT2D eigenvalue weighted by Gasteiger charge is -2.10. The van der Waals surface area contributed by atoms with Gasteiger partial charge in [0, 0.05) is 12.7 Å². The highest BCUT2D eigenvalue weighted by molar-refractivity contribution is 6.33. The van der Waals surface area contributed by atoms with Gasteiger partial charge in [0.05, 0.1) is 10.6 Å². The molecule has 0 bridgehead atoms. The van der Waals surface area contributed by atoms with E-state index in [1.807, 2.05) is 14.1 Å². The number of rotatable bonds is 6. The van der Waals surface area contributed by atoms with Crippen LogP contribution in [0.15, 0.2) is 12.3 Å². The van der Waals surface area contributed by atoms with Gasteiger partial charge in [0.1, 0.15) is 5.82 Å². The summed E-state index contributed by atoms with van der Waals surface area (Å²) in [6.07, 6.45) is 2.30. The summed E-state index contributed by atoms with van der Waals surface area (Å²) in [5, 5.41) is 12.1. The first-order chi connectivity index (χ1) is 8.00. The summed E-state index contributed by atoms with van der Waals surface area (Å²) in [5.41, 5.74) is 0.0665. The summed E-state index contributed by atoms with van der Waals surface area (Å²) in [7, 11) is 4.01. The second-order valence-corrected chi connectivity index (χ2v) is 4.35. The molecule has 6 heteroatoms. The van der Waals surface area contributed by atoms with Crippen molar-refractivity contribution in [2.75, 3.05) is 32.5 Å². The third-order valence-electron chi connectivity index (χ3n) is 2.17. The Balaban J connectivity index is 2.54. The van der Waals surface area contributed by atoms with Crippen molar-refractivity contribution >= 4 is 23.4 Å². The molecule has 0 unspecified atom stereocenters. The van der Waals surface area contributed by atoms with Crippen LogP contribution in [0.4, 0.5) is 5.82 Å². The molecule has 5 nitrogen and oxygen atoms in total. The van der Waals surface area contributed by atoms with Crippen LogP contribution in [0.2, 0.25) is 5.02 Å². The number of hydrogen-bond acceptors (Lipinski definition) is 4. The van der Waals surface area contributed by atoms with Gasteiger partial charge in [-0.05, 0) is 33.1 Å². The molecule has 0 atom stereocenters. The monoisotopic (exact) mass is 257 g/mol. The third kappa shape index (κ3) is 4.58. The second-order valence-electron chi connectivity index (χ2n) is 3.94. The van der Waals surface area contributed by atoms with Crippen LogP contribution in [0.5, 0.6) is 0 Å². The van der Waals surface area contributed by atoms with Gasteiger partial charge >= 0.3 is 5.97 Å². The van der Waals surface area contributed by atoms with Gasteiger partial charge < -0.3 is 15.3 Å². The molecule has 0 amide bonds. The summed E-state index contributed by atoms with van der Waals surface area (Å²) in [6.45, 7) is 1.71. The van der Waals surface area contributed by atoms with E-state index in [0.29, 0.717) is 5.82 Å². The minimum atomic E-state index is -1.05. The molecule has 1 aromatic heterocycles. The lowest BCUT2D eigenvalue weighted by Crippen LogP contribution is -2.16. The molecular formula is C11H16ClN3O2. The van der Waals surface area contributed by atoms with Crippen LogP contribution < -0.4 is 5.32 Å². The molecule has 0 aliphatic carbocycles. The van der Waals surface area contributed by atoms with E-state index in [2.05, 4.69) is 15.2 Å². The number of aromatic nitrogens is 1. The standard InChI is InChI=1S/C11H16ClN3O2/c1-15(2)5-3-4-13-10-6-8(11(16)17)9(12)7-14-10/h6-7H,3-5H2,1-2H3,(H,13,14)(H,16,17). The summed E-state index contributed by atoms with van der Waals surface area (Å²) in [5.74, 6) is -0.515. The smallest absolute Gasteiger partial charge is 0.337 e. The average Bonchev–Trinajstić information content (AvgIpc) is 2.25. The molecule has 2 N–H and O–H groups in total. The Morgan fingerprint density at radius 3 is 2.88 bits per heavy atom. The Morgan fingerprint density at radius 1 is 1.59 bits per heavy atom. The van der Waals surface area contributed by atoms with E-state index in [1.165, 1.54) is 12.3 Å². The molecular weight excluding hydrogens is 242 g/mol. The van der Waals surface area contributed by atoms with Crippen molar-refractivity contribution in [3.63, 3.8) is 0 Å². The zero-order chi connectivity index (χ0) is 12.8. The molecule has 1 aromatic rings. The van der Waals surface area contributed by atoms with Crippen LogP contribution >= 0.6 is 11.6 Å². The number of hydrogen-bond donors (Lipinski definition) is 2. The molecule has 1 rings (SSSR count). The Bertz CT molecular complexity index is 396. The number of halogens is 1. The molecule has 17 heavy (non-hydrogen) atoms. The van der Waals surface area contributed by atoms with Gasteiger partial charge in [-0.15, -0.1) is 0 Å². The first-order valence-corrected chi connectivity index (χ1v) is 5.66. The molecule has 0 spiro atoms. The molecule has 0 aliphatic rings. The van der Waals surface area contributed by atoms with Crippen LogP contribution in [0, 0.1) is 0 Å². The molecule has 94 valence electrons. The lowest BCUT2D eigenvalue weighted by atomic mass is 10.2. The number of carboxylic acids is 1. The van der Waals surface area contributed by atoms with Gasteiger partial charge in [-0.2, -0.15) is 0 Å². The van der Waals surface area contributed by atoms with E-state index >= 15 is 0 Å². The van der Waals surface area contributed by atoms with Crippen LogP contribution in [-0.4, -0.2) is 48.1 Å². The van der Waals surface area contributed by atoms with Gasteiger partial charge in [-0.25, -0.2) is 9.78 Å². The summed E-state index contributed by atoms with van der Waals surface area (Å²) >= 11 is 5.72. The van der Waals surface area contributed by atoms with Gasteiger partial charge in [0.2, 0.25) is 0 Å². The third-order valence-corrected chi connectivity index (χ3v) is 2.48. The molecule has 1 heterocycles. The fraction of sp³-hybridized carbons (Fsp3) is 0.455. The highest BCUT2D eigenvalue weighted by Gasteiger charge is 2.09. The van der Waals surface area contributed by atoms with Gasteiger partial charge in [-0.3, -0.25) is 0 Å². The Labute approximate surface area is 105 Å². The predicted molar refractivity (Wildman–Crippen MR) is 67.9 cm³/mol. The van der Waals surface area contributed by atoms with Gasteiger partial charge in [0.15, 0.2) is 0 Å². The second kappa shape index (κ2) is 6.42. The van der Waals surface area contributed by atoms with E-state index < -0.39 is 5.97 Å². The van der Waals surface area contributed by atoms with Gasteiger partial charge in [-0.1, -0.05) is 11.6 Å². The van der Waals surface area contributed by atoms with Crippen molar-refractivity contribution in [3.8, 4) is 0 Å². The Hall–Kier alpha value is -1.33. The van der Waals surface area contributed by atoms with E-state index in [-0.39, 0.29) is 10.6 Å². The fourth-order valence-electron chi connectivity index (χ4n) is 1.31. The number of nitrogens with zero attached hydrogens (tertiary/aromatic N) is 2. The largest absolute Gasteiger partial charge is 0.478 e. The fourth-order valence-corrected chi connectivity index (χ4v) is 1.50. The number of carboxylic acid groups (broad SMARTS) is 1. The highest BCUT2D eigenvalue weighted by atomic mass is 35.5. The first kappa shape index (κ1) is 13.7. The van der Waals surface area contributed by atoms with Gasteiger partial charge in [0.25, 0.3) is 0 Å². The van der Waals surface area contributed by atoms with Crippen molar-refractivity contribution in [2.24, 2.45) is 0 Å². The number of aromatic carboxylic acids is 1. The number of nitrogens with one attached hydrogen (secondary N) is 1. The topological polar surface area (TPSA) is 65.5 Å². The van der Waals surface area contributed by atoms with E-state index in [0.717, 1.165) is 19.5 Å². The van der Waals surface area contributed by atoms with E-state index in [9.17, 15) is 4.79 Å². The molecule has 0 fully saturated rings. The summed E-state index contributed by atoms with van der Waals surface area (Å²) < 4.78 is 0. The molecule has 0 saturated carbocycles. The quantitative estimate of drug-likeness (QED) is 0.761. The molecule has 0 radical (unpaired) electrons. The minimum Gasteiger partial charge on any atom is -0.478 e. The maximum absolute atomic E-state index is 10.8. The zero-order valence-corrected chi connectivity index (χ0v) is 10.7. The maximum Gasteiger partial charge on any atom is 0.337 e. The number of pyridine rings is 1. The average molecular weight is 258 g/mol. The van der Waals surface area contributed by atoms with Crippen molar-refractivity contribution in [1.29, 1.82) is 0 Å². The minimum absolute atomic E-state index is 0.0665. The molecule has 0 aliphatic heterocycles. The molecule has 0 saturated heterocycles. The first-order valence-electron chi connectivity index (χ1n) is 5.28. The lowest BCUT2D eigenvalue weighted by molar-refractivity contribution is 0.0697. The zero-order valence-electron chi connectivity index (χ0n) is 9.90. The Morgan fingerprint density at radius 2 is 2.29 bits per heavy atom. The van der Waals surface area contributed by atoms with E-state index in [4.69, 9.17) is 16.7 Å². The van der Waals surface area contributed by atoms with Crippen molar-refractivity contribution < 1.29 is 9.90 Å². The molecule has 0 aromatic carbocycles. The summed E-state index contributed by atoms with van der Waals surface area (Å²) in [6, 6.07) is 1.44. The normalized spacial score (nSPS) is 10.6. The van der Waals surface area contributed by atoms with Crippen molar-refractivity contribution in [3.05, 3.63) is 22.8 Å². The van der Waals surface area contributed by atoms with Crippen molar-refractivity contribution in [2.45, 2.75) is 6.42 Å².